The van der Waals surface area contributed by atoms with E-state index in [1.807, 2.05) is 29.1 Å². The Morgan fingerprint density at radius 1 is 1.27 bits per heavy atom. The molecule has 7 heteroatoms. The lowest BCUT2D eigenvalue weighted by atomic mass is 10.2. The van der Waals surface area contributed by atoms with Gasteiger partial charge in [-0.3, -0.25) is 9.67 Å². The van der Waals surface area contributed by atoms with Crippen molar-refractivity contribution in [3.05, 3.63) is 48.9 Å². The van der Waals surface area contributed by atoms with Gasteiger partial charge in [0.05, 0.1) is 12.6 Å². The summed E-state index contributed by atoms with van der Waals surface area (Å²) in [5, 5.41) is 11.6. The van der Waals surface area contributed by atoms with Crippen molar-refractivity contribution < 1.29 is 4.52 Å². The Bertz CT molecular complexity index is 694. The highest BCUT2D eigenvalue weighted by Gasteiger charge is 2.15. The number of rotatable bonds is 6. The van der Waals surface area contributed by atoms with Crippen molar-refractivity contribution in [1.82, 2.24) is 30.2 Å². The van der Waals surface area contributed by atoms with E-state index in [1.54, 1.807) is 18.6 Å². The van der Waals surface area contributed by atoms with Crippen LogP contribution in [0.3, 0.4) is 0 Å². The van der Waals surface area contributed by atoms with E-state index in [2.05, 4.69) is 39.4 Å². The van der Waals surface area contributed by atoms with E-state index >= 15 is 0 Å². The lowest BCUT2D eigenvalue weighted by Gasteiger charge is -2.20. The molecule has 0 saturated heterocycles. The van der Waals surface area contributed by atoms with Crippen LogP contribution >= 0.6 is 0 Å². The van der Waals surface area contributed by atoms with Crippen LogP contribution in [-0.4, -0.2) is 30.9 Å². The fourth-order valence-electron chi connectivity index (χ4n) is 2.11. The summed E-state index contributed by atoms with van der Waals surface area (Å²) >= 11 is 0. The fraction of sp³-hybridized carbons (Fsp3) is 0.333. The molecule has 22 heavy (non-hydrogen) atoms. The fourth-order valence-corrected chi connectivity index (χ4v) is 2.11. The second-order valence-electron chi connectivity index (χ2n) is 5.15. The minimum absolute atomic E-state index is 0.216. The Hall–Kier alpha value is -2.54. The molecule has 0 spiro atoms. The monoisotopic (exact) mass is 298 g/mol. The maximum absolute atomic E-state index is 5.27. The van der Waals surface area contributed by atoms with E-state index in [0.29, 0.717) is 18.3 Å². The van der Waals surface area contributed by atoms with Gasteiger partial charge in [0, 0.05) is 36.4 Å². The van der Waals surface area contributed by atoms with Gasteiger partial charge >= 0.3 is 0 Å². The van der Waals surface area contributed by atoms with Crippen molar-refractivity contribution >= 4 is 0 Å². The molecule has 0 unspecified atom stereocenters. The third-order valence-corrected chi connectivity index (χ3v) is 3.63. The van der Waals surface area contributed by atoms with E-state index in [4.69, 9.17) is 4.52 Å². The molecule has 3 heterocycles. The van der Waals surface area contributed by atoms with Crippen LogP contribution < -0.4 is 5.32 Å². The van der Waals surface area contributed by atoms with Gasteiger partial charge < -0.3 is 9.84 Å². The van der Waals surface area contributed by atoms with Gasteiger partial charge in [-0.25, -0.2) is 0 Å². The largest absolute Gasteiger partial charge is 0.338 e. The summed E-state index contributed by atoms with van der Waals surface area (Å²) in [5.41, 5.74) is 0.843. The predicted octanol–water partition coefficient (Wildman–Crippen LogP) is 2.07. The molecule has 3 aromatic heterocycles. The Kier molecular flexibility index (Phi) is 4.24. The molecule has 3 aromatic rings. The molecule has 0 aliphatic carbocycles. The second kappa shape index (κ2) is 6.48. The third kappa shape index (κ3) is 3.20. The van der Waals surface area contributed by atoms with Gasteiger partial charge in [-0.1, -0.05) is 5.16 Å². The molecule has 7 nitrogen and oxygen atoms in total. The van der Waals surface area contributed by atoms with Crippen LogP contribution in [0.25, 0.3) is 11.4 Å². The van der Waals surface area contributed by atoms with Crippen LogP contribution in [0.15, 0.2) is 47.5 Å². The molecule has 0 bridgehead atoms. The normalized spacial score (nSPS) is 13.9. The molecule has 0 amide bonds. The van der Waals surface area contributed by atoms with Crippen molar-refractivity contribution in [3.8, 4) is 11.4 Å². The summed E-state index contributed by atoms with van der Waals surface area (Å²) < 4.78 is 7.19. The summed E-state index contributed by atoms with van der Waals surface area (Å²) in [6.45, 7) is 4.73. The van der Waals surface area contributed by atoms with E-state index < -0.39 is 0 Å². The predicted molar refractivity (Wildman–Crippen MR) is 80.8 cm³/mol. The number of nitrogens with zero attached hydrogens (tertiary/aromatic N) is 5. The number of pyridine rings is 1. The Balaban J connectivity index is 1.59. The highest BCUT2D eigenvalue weighted by Crippen LogP contribution is 2.14. The third-order valence-electron chi connectivity index (χ3n) is 3.63. The van der Waals surface area contributed by atoms with Crippen molar-refractivity contribution in [2.75, 3.05) is 0 Å². The van der Waals surface area contributed by atoms with Gasteiger partial charge in [-0.15, -0.1) is 0 Å². The number of aromatic nitrogens is 5. The zero-order valence-electron chi connectivity index (χ0n) is 12.5. The average Bonchev–Trinajstić information content (AvgIpc) is 3.24. The van der Waals surface area contributed by atoms with Crippen molar-refractivity contribution in [2.24, 2.45) is 0 Å². The lowest BCUT2D eigenvalue weighted by Crippen LogP contribution is -2.33. The molecule has 0 radical (unpaired) electrons. The van der Waals surface area contributed by atoms with Crippen LogP contribution in [0.4, 0.5) is 0 Å². The Morgan fingerprint density at radius 2 is 2.18 bits per heavy atom. The molecule has 1 N–H and O–H groups in total. The van der Waals surface area contributed by atoms with Gasteiger partial charge in [0.15, 0.2) is 0 Å². The van der Waals surface area contributed by atoms with Crippen LogP contribution in [0, 0.1) is 0 Å². The quantitative estimate of drug-likeness (QED) is 0.750. The topological polar surface area (TPSA) is 81.7 Å². The van der Waals surface area contributed by atoms with Crippen molar-refractivity contribution in [3.63, 3.8) is 0 Å². The van der Waals surface area contributed by atoms with Crippen LogP contribution in [0.5, 0.6) is 0 Å². The number of nitrogens with one attached hydrogen (secondary N) is 1. The summed E-state index contributed by atoms with van der Waals surface area (Å²) in [6, 6.07) is 6.11. The zero-order chi connectivity index (χ0) is 15.4. The SMILES string of the molecule is C[C@H]([C@@H](C)NCc1nc(-c2cccnc2)no1)n1cccn1. The van der Waals surface area contributed by atoms with E-state index in [-0.39, 0.29) is 12.1 Å². The minimum Gasteiger partial charge on any atom is -0.338 e. The highest BCUT2D eigenvalue weighted by atomic mass is 16.5. The molecule has 0 aliphatic rings. The molecule has 114 valence electrons. The molecule has 0 aliphatic heterocycles. The second-order valence-corrected chi connectivity index (χ2v) is 5.15. The Morgan fingerprint density at radius 3 is 2.91 bits per heavy atom. The van der Waals surface area contributed by atoms with Gasteiger partial charge in [-0.2, -0.15) is 10.1 Å². The Labute approximate surface area is 128 Å². The van der Waals surface area contributed by atoms with Gasteiger partial charge in [-0.05, 0) is 32.0 Å². The lowest BCUT2D eigenvalue weighted by molar-refractivity contribution is 0.325. The van der Waals surface area contributed by atoms with E-state index in [1.165, 1.54) is 0 Å². The van der Waals surface area contributed by atoms with Crippen LogP contribution in [-0.2, 0) is 6.54 Å². The first-order valence-electron chi connectivity index (χ1n) is 7.19. The van der Waals surface area contributed by atoms with Gasteiger partial charge in [0.2, 0.25) is 11.7 Å². The van der Waals surface area contributed by atoms with Crippen molar-refractivity contribution in [2.45, 2.75) is 32.5 Å². The first-order valence-corrected chi connectivity index (χ1v) is 7.19. The minimum atomic E-state index is 0.216. The van der Waals surface area contributed by atoms with Gasteiger partial charge in [0.1, 0.15) is 0 Å². The molecule has 0 saturated carbocycles. The van der Waals surface area contributed by atoms with Crippen LogP contribution in [0.1, 0.15) is 25.8 Å². The summed E-state index contributed by atoms with van der Waals surface area (Å²) in [6.07, 6.45) is 7.16. The molecular formula is C15H18N6O. The first kappa shape index (κ1) is 14.4. The summed E-state index contributed by atoms with van der Waals surface area (Å²) in [5.74, 6) is 1.11. The number of hydrogen-bond donors (Lipinski definition) is 1. The van der Waals surface area contributed by atoms with E-state index in [9.17, 15) is 0 Å². The summed E-state index contributed by atoms with van der Waals surface area (Å²) in [7, 11) is 0. The maximum atomic E-state index is 5.27. The maximum Gasteiger partial charge on any atom is 0.240 e. The molecule has 0 fully saturated rings. The standard InChI is InChI=1S/C15H18N6O/c1-11(12(2)21-8-4-7-18-21)17-10-14-19-15(20-22-14)13-5-3-6-16-9-13/h3-9,11-12,17H,10H2,1-2H3/t11-,12-/m1/s1. The van der Waals surface area contributed by atoms with Gasteiger partial charge in [0.25, 0.3) is 0 Å². The first-order chi connectivity index (χ1) is 10.7. The van der Waals surface area contributed by atoms with E-state index in [0.717, 1.165) is 5.56 Å². The molecule has 2 atom stereocenters. The smallest absolute Gasteiger partial charge is 0.240 e. The molecule has 0 aromatic carbocycles. The molecular weight excluding hydrogens is 280 g/mol. The molecule has 3 rings (SSSR count). The van der Waals surface area contributed by atoms with Crippen molar-refractivity contribution in [1.29, 1.82) is 0 Å². The highest BCUT2D eigenvalue weighted by molar-refractivity contribution is 5.51. The zero-order valence-corrected chi connectivity index (χ0v) is 12.5. The summed E-state index contributed by atoms with van der Waals surface area (Å²) in [4.78, 5) is 8.42. The average molecular weight is 298 g/mol. The van der Waals surface area contributed by atoms with Crippen LogP contribution in [0.2, 0.25) is 0 Å². The number of hydrogen-bond acceptors (Lipinski definition) is 6.